The summed E-state index contributed by atoms with van der Waals surface area (Å²) in [4.78, 5) is 25.8. The molecule has 4 N–H and O–H groups in total. The predicted molar refractivity (Wildman–Crippen MR) is 120 cm³/mol. The number of halogens is 5. The molecule has 0 radical (unpaired) electrons. The van der Waals surface area contributed by atoms with Crippen molar-refractivity contribution in [2.75, 3.05) is 11.9 Å². The van der Waals surface area contributed by atoms with Crippen LogP contribution in [0.3, 0.4) is 0 Å². The smallest absolute Gasteiger partial charge is 0.366 e. The van der Waals surface area contributed by atoms with Crippen LogP contribution in [-0.4, -0.2) is 41.6 Å². The van der Waals surface area contributed by atoms with Crippen LogP contribution in [0, 0.1) is 6.92 Å². The van der Waals surface area contributed by atoms with Gasteiger partial charge >= 0.3 is 6.18 Å². The lowest BCUT2D eigenvalue weighted by atomic mass is 10.1. The van der Waals surface area contributed by atoms with E-state index in [2.05, 4.69) is 21.4 Å². The minimum absolute atomic E-state index is 0.0866. The quantitative estimate of drug-likeness (QED) is 0.489. The third-order valence-electron chi connectivity index (χ3n) is 4.72. The van der Waals surface area contributed by atoms with Gasteiger partial charge in [0.2, 0.25) is 0 Å². The molecule has 0 saturated carbocycles. The Morgan fingerprint density at radius 1 is 1.21 bits per heavy atom. The maximum Gasteiger partial charge on any atom is 0.409 e. The summed E-state index contributed by atoms with van der Waals surface area (Å²) in [6.45, 7) is 5.46. The van der Waals surface area contributed by atoms with E-state index in [4.69, 9.17) is 23.2 Å². The van der Waals surface area contributed by atoms with Gasteiger partial charge in [-0.3, -0.25) is 14.6 Å². The fourth-order valence-corrected chi connectivity index (χ4v) is 3.79. The fraction of sp³-hybridized carbons (Fsp3) is 0.333. The summed E-state index contributed by atoms with van der Waals surface area (Å²) >= 11 is 12.2. The summed E-state index contributed by atoms with van der Waals surface area (Å²) in [7, 11) is 0. The number of carbonyl (C=O) groups is 2. The van der Waals surface area contributed by atoms with E-state index in [0.29, 0.717) is 12.1 Å². The Bertz CT molecular complexity index is 1070. The minimum Gasteiger partial charge on any atom is -0.366 e. The largest absolute Gasteiger partial charge is 0.409 e. The SMILES string of the molecule is Cc1cc(Cl)cc(C(=O)NC(C)C)c1NC(=O)C1=CC(C(F)(F)F)NN1C1=C(Cl)C=CCN1. The first-order valence-corrected chi connectivity index (χ1v) is 10.7. The van der Waals surface area contributed by atoms with Gasteiger partial charge < -0.3 is 16.0 Å². The molecule has 0 fully saturated rings. The monoisotopic (exact) mass is 503 g/mol. The van der Waals surface area contributed by atoms with Gasteiger partial charge in [-0.05, 0) is 50.6 Å². The summed E-state index contributed by atoms with van der Waals surface area (Å²) < 4.78 is 40.3. The predicted octanol–water partition coefficient (Wildman–Crippen LogP) is 3.93. The van der Waals surface area contributed by atoms with E-state index in [0.717, 1.165) is 11.1 Å². The van der Waals surface area contributed by atoms with Crippen molar-refractivity contribution in [1.82, 2.24) is 21.1 Å². The normalized spacial score (nSPS) is 18.4. The van der Waals surface area contributed by atoms with Crippen molar-refractivity contribution in [1.29, 1.82) is 0 Å². The Hall–Kier alpha value is -2.69. The van der Waals surface area contributed by atoms with Crippen LogP contribution in [0.1, 0.15) is 29.8 Å². The zero-order valence-corrected chi connectivity index (χ0v) is 19.4. The number of carbonyl (C=O) groups excluding carboxylic acids is 2. The van der Waals surface area contributed by atoms with Crippen molar-refractivity contribution >= 4 is 40.7 Å². The van der Waals surface area contributed by atoms with Gasteiger partial charge in [-0.25, -0.2) is 5.43 Å². The first-order chi connectivity index (χ1) is 15.4. The molecule has 0 spiro atoms. The van der Waals surface area contributed by atoms with Gasteiger partial charge in [0.15, 0.2) is 0 Å². The molecule has 1 atom stereocenters. The number of allylic oxidation sites excluding steroid dienone is 2. The van der Waals surface area contributed by atoms with Gasteiger partial charge in [0.05, 0.1) is 16.3 Å². The molecule has 0 aromatic heterocycles. The molecule has 0 aliphatic carbocycles. The third-order valence-corrected chi connectivity index (χ3v) is 5.25. The van der Waals surface area contributed by atoms with E-state index in [1.807, 2.05) is 0 Å². The number of nitrogens with zero attached hydrogens (tertiary/aromatic N) is 1. The fourth-order valence-electron chi connectivity index (χ4n) is 3.28. The van der Waals surface area contributed by atoms with Gasteiger partial charge in [0.25, 0.3) is 11.8 Å². The van der Waals surface area contributed by atoms with Crippen LogP contribution >= 0.6 is 23.2 Å². The molecule has 2 aliphatic heterocycles. The van der Waals surface area contributed by atoms with Crippen LogP contribution in [0.15, 0.2) is 46.9 Å². The van der Waals surface area contributed by atoms with Crippen molar-refractivity contribution in [2.24, 2.45) is 0 Å². The zero-order chi connectivity index (χ0) is 24.5. The number of anilines is 1. The molecule has 2 amide bonds. The van der Waals surface area contributed by atoms with Crippen LogP contribution in [0.25, 0.3) is 0 Å². The highest BCUT2D eigenvalue weighted by Crippen LogP contribution is 2.32. The molecular weight excluding hydrogens is 482 g/mol. The topological polar surface area (TPSA) is 85.5 Å². The number of aryl methyl sites for hydroxylation is 1. The first kappa shape index (κ1) is 24.9. The highest BCUT2D eigenvalue weighted by molar-refractivity contribution is 6.32. The summed E-state index contributed by atoms with van der Waals surface area (Å²) in [6.07, 6.45) is -0.700. The Morgan fingerprint density at radius 3 is 2.52 bits per heavy atom. The number of alkyl halides is 3. The van der Waals surface area contributed by atoms with Crippen molar-refractivity contribution in [3.8, 4) is 0 Å². The molecule has 1 aromatic rings. The minimum atomic E-state index is -4.66. The molecule has 178 valence electrons. The number of hydrazine groups is 1. The maximum atomic E-state index is 13.4. The summed E-state index contributed by atoms with van der Waals surface area (Å²) in [5.41, 5.74) is 2.60. The lowest BCUT2D eigenvalue weighted by Gasteiger charge is -2.29. The first-order valence-electron chi connectivity index (χ1n) is 9.96. The number of dihydropyridines is 1. The molecule has 7 nitrogen and oxygen atoms in total. The Labute approximate surface area is 198 Å². The van der Waals surface area contributed by atoms with Gasteiger partial charge in [-0.1, -0.05) is 29.3 Å². The van der Waals surface area contributed by atoms with Gasteiger partial charge in [-0.15, -0.1) is 0 Å². The second-order valence-electron chi connectivity index (χ2n) is 7.74. The standard InChI is InChI=1S/C21H22Cl2F3N5O2/c1-10(2)28-19(32)13-8-12(22)7-11(3)17(13)29-20(33)15-9-16(21(24,25)26)30-31(15)18-14(23)5-4-6-27-18/h4-5,7-10,16,27,30H,6H2,1-3H3,(H,28,32)(H,29,33). The summed E-state index contributed by atoms with van der Waals surface area (Å²) in [5, 5.41) is 9.49. The maximum absolute atomic E-state index is 13.4. The number of amides is 2. The molecule has 0 saturated heterocycles. The number of benzene rings is 1. The molecule has 33 heavy (non-hydrogen) atoms. The van der Waals surface area contributed by atoms with E-state index in [1.54, 1.807) is 26.8 Å². The number of hydrogen-bond donors (Lipinski definition) is 4. The van der Waals surface area contributed by atoms with E-state index >= 15 is 0 Å². The Kier molecular flexibility index (Phi) is 7.30. The molecule has 3 rings (SSSR count). The molecular formula is C21H22Cl2F3N5O2. The molecule has 12 heteroatoms. The molecule has 1 aromatic carbocycles. The van der Waals surface area contributed by atoms with Crippen molar-refractivity contribution in [3.63, 3.8) is 0 Å². The van der Waals surface area contributed by atoms with Crippen molar-refractivity contribution < 1.29 is 22.8 Å². The molecule has 1 unspecified atom stereocenters. The summed E-state index contributed by atoms with van der Waals surface area (Å²) in [5.74, 6) is -1.26. The number of rotatable bonds is 5. The van der Waals surface area contributed by atoms with Crippen molar-refractivity contribution in [2.45, 2.75) is 39.0 Å². The highest BCUT2D eigenvalue weighted by Gasteiger charge is 2.46. The zero-order valence-electron chi connectivity index (χ0n) is 17.9. The highest BCUT2D eigenvalue weighted by atomic mass is 35.5. The van der Waals surface area contributed by atoms with Gasteiger partial charge in [0, 0.05) is 17.6 Å². The average Bonchev–Trinajstić information content (AvgIpc) is 3.15. The van der Waals surface area contributed by atoms with Crippen molar-refractivity contribution in [3.05, 3.63) is 63.1 Å². The van der Waals surface area contributed by atoms with Crippen LogP contribution in [-0.2, 0) is 4.79 Å². The van der Waals surface area contributed by atoms with E-state index in [-0.39, 0.29) is 38.9 Å². The van der Waals surface area contributed by atoms with Crippen LogP contribution in [0.4, 0.5) is 18.9 Å². The van der Waals surface area contributed by atoms with Crippen LogP contribution in [0.2, 0.25) is 5.02 Å². The lowest BCUT2D eigenvalue weighted by Crippen LogP contribution is -2.48. The lowest BCUT2D eigenvalue weighted by molar-refractivity contribution is -0.149. The van der Waals surface area contributed by atoms with Gasteiger partial charge in [-0.2, -0.15) is 13.2 Å². The van der Waals surface area contributed by atoms with E-state index < -0.39 is 24.0 Å². The Balaban J connectivity index is 1.99. The molecule has 2 heterocycles. The Morgan fingerprint density at radius 2 is 1.91 bits per heavy atom. The molecule has 0 bridgehead atoms. The van der Waals surface area contributed by atoms with E-state index in [9.17, 15) is 22.8 Å². The second-order valence-corrected chi connectivity index (χ2v) is 8.59. The average molecular weight is 504 g/mol. The number of hydrogen-bond acceptors (Lipinski definition) is 5. The van der Waals surface area contributed by atoms with Crippen LogP contribution in [0.5, 0.6) is 0 Å². The third kappa shape index (κ3) is 5.63. The van der Waals surface area contributed by atoms with Gasteiger partial charge in [0.1, 0.15) is 17.6 Å². The molecule has 2 aliphatic rings. The number of nitrogens with one attached hydrogen (secondary N) is 4. The van der Waals surface area contributed by atoms with Crippen LogP contribution < -0.4 is 21.4 Å². The van der Waals surface area contributed by atoms with E-state index in [1.165, 1.54) is 18.2 Å². The second kappa shape index (κ2) is 9.66. The summed E-state index contributed by atoms with van der Waals surface area (Å²) in [6, 6.07) is 0.614.